The molecule has 1 fully saturated rings. The highest BCUT2D eigenvalue weighted by molar-refractivity contribution is 5.15. The average molecular weight is 285 g/mol. The van der Waals surface area contributed by atoms with E-state index in [9.17, 15) is 0 Å². The molecule has 0 atom stereocenters. The van der Waals surface area contributed by atoms with Gasteiger partial charge in [-0.1, -0.05) is 6.08 Å². The van der Waals surface area contributed by atoms with Gasteiger partial charge in [-0.25, -0.2) is 4.98 Å². The van der Waals surface area contributed by atoms with Crippen molar-refractivity contribution in [3.05, 3.63) is 48.8 Å². The zero-order valence-electron chi connectivity index (χ0n) is 12.6. The predicted octanol–water partition coefficient (Wildman–Crippen LogP) is 2.14. The Bertz CT molecular complexity index is 592. The third-order valence-corrected chi connectivity index (χ3v) is 4.21. The molecule has 0 aromatic carbocycles. The maximum Gasteiger partial charge on any atom is 0.0946 e. The molecule has 0 spiro atoms. The van der Waals surface area contributed by atoms with Crippen LogP contribution < -0.4 is 5.32 Å². The van der Waals surface area contributed by atoms with Crippen molar-refractivity contribution in [3.8, 4) is 0 Å². The summed E-state index contributed by atoms with van der Waals surface area (Å²) in [5, 5.41) is 8.09. The quantitative estimate of drug-likeness (QED) is 0.756. The summed E-state index contributed by atoms with van der Waals surface area (Å²) in [5.74, 6) is 0. The summed E-state index contributed by atoms with van der Waals surface area (Å²) in [6.07, 6.45) is 12.4. The molecular weight excluding hydrogens is 262 g/mol. The molecule has 0 unspecified atom stereocenters. The highest BCUT2D eigenvalue weighted by Crippen LogP contribution is 2.46. The fourth-order valence-electron chi connectivity index (χ4n) is 2.76. The van der Waals surface area contributed by atoms with Crippen LogP contribution in [0.15, 0.2) is 37.6 Å². The average Bonchev–Trinajstić information content (AvgIpc) is 2.85. The first-order valence-corrected chi connectivity index (χ1v) is 7.51. The van der Waals surface area contributed by atoms with Gasteiger partial charge in [-0.15, -0.1) is 6.58 Å². The van der Waals surface area contributed by atoms with E-state index < -0.39 is 0 Å². The van der Waals surface area contributed by atoms with Gasteiger partial charge in [-0.05, 0) is 19.8 Å². The molecule has 1 N–H and O–H groups in total. The molecule has 1 aliphatic rings. The number of allylic oxidation sites excluding steroid dienone is 1. The van der Waals surface area contributed by atoms with Gasteiger partial charge in [0.05, 0.1) is 18.6 Å². The Labute approximate surface area is 125 Å². The fourth-order valence-corrected chi connectivity index (χ4v) is 2.76. The van der Waals surface area contributed by atoms with Gasteiger partial charge in [0.25, 0.3) is 0 Å². The van der Waals surface area contributed by atoms with E-state index in [0.29, 0.717) is 5.41 Å². The van der Waals surface area contributed by atoms with Crippen LogP contribution in [0, 0.1) is 12.3 Å². The van der Waals surface area contributed by atoms with Gasteiger partial charge in [0.2, 0.25) is 0 Å². The number of imidazole rings is 1. The molecule has 3 rings (SSSR count). The molecule has 112 valence electrons. The van der Waals surface area contributed by atoms with Crippen molar-refractivity contribution in [2.24, 2.45) is 5.41 Å². The van der Waals surface area contributed by atoms with Crippen molar-refractivity contribution in [1.82, 2.24) is 24.6 Å². The van der Waals surface area contributed by atoms with Gasteiger partial charge in [0.1, 0.15) is 0 Å². The monoisotopic (exact) mass is 285 g/mol. The number of nitrogens with zero attached hydrogens (tertiary/aromatic N) is 4. The van der Waals surface area contributed by atoms with Gasteiger partial charge in [-0.3, -0.25) is 4.68 Å². The number of hydrogen-bond acceptors (Lipinski definition) is 3. The van der Waals surface area contributed by atoms with E-state index >= 15 is 0 Å². The molecule has 1 aliphatic carbocycles. The summed E-state index contributed by atoms with van der Waals surface area (Å²) in [6.45, 7) is 9.58. The highest BCUT2D eigenvalue weighted by atomic mass is 15.3. The summed E-state index contributed by atoms with van der Waals surface area (Å²) in [7, 11) is 0. The lowest BCUT2D eigenvalue weighted by molar-refractivity contribution is 0.392. The van der Waals surface area contributed by atoms with E-state index in [1.54, 1.807) is 0 Å². The van der Waals surface area contributed by atoms with E-state index in [4.69, 9.17) is 0 Å². The van der Waals surface area contributed by atoms with Crippen LogP contribution in [0.2, 0.25) is 0 Å². The third kappa shape index (κ3) is 3.42. The second-order valence-corrected chi connectivity index (χ2v) is 6.09. The Morgan fingerprint density at radius 2 is 2.33 bits per heavy atom. The van der Waals surface area contributed by atoms with Gasteiger partial charge in [0.15, 0.2) is 0 Å². The van der Waals surface area contributed by atoms with Crippen LogP contribution in [-0.4, -0.2) is 25.9 Å². The Morgan fingerprint density at radius 3 is 3.00 bits per heavy atom. The Hall–Kier alpha value is -1.88. The lowest BCUT2D eigenvalue weighted by Crippen LogP contribution is -2.27. The topological polar surface area (TPSA) is 47.7 Å². The van der Waals surface area contributed by atoms with Crippen molar-refractivity contribution in [1.29, 1.82) is 0 Å². The predicted molar refractivity (Wildman–Crippen MR) is 82.8 cm³/mol. The van der Waals surface area contributed by atoms with Gasteiger partial charge in [-0.2, -0.15) is 5.10 Å². The van der Waals surface area contributed by atoms with Gasteiger partial charge in [0, 0.05) is 49.2 Å². The molecule has 21 heavy (non-hydrogen) atoms. The Morgan fingerprint density at radius 1 is 1.48 bits per heavy atom. The van der Waals surface area contributed by atoms with Crippen LogP contribution >= 0.6 is 0 Å². The second-order valence-electron chi connectivity index (χ2n) is 6.09. The molecule has 0 bridgehead atoms. The molecule has 0 aliphatic heterocycles. The number of hydrogen-bond donors (Lipinski definition) is 1. The molecule has 0 amide bonds. The summed E-state index contributed by atoms with van der Waals surface area (Å²) >= 11 is 0. The largest absolute Gasteiger partial charge is 0.337 e. The molecule has 0 saturated heterocycles. The number of rotatable bonds is 8. The van der Waals surface area contributed by atoms with Crippen LogP contribution in [0.1, 0.15) is 24.1 Å². The van der Waals surface area contributed by atoms with Crippen molar-refractivity contribution >= 4 is 0 Å². The van der Waals surface area contributed by atoms with E-state index in [1.807, 2.05) is 29.5 Å². The SMILES string of the molecule is C=CCn1cc(CNCC2(Cn3ccnc3)CC2)c(C)n1. The van der Waals surface area contributed by atoms with Crippen LogP contribution in [0.5, 0.6) is 0 Å². The minimum Gasteiger partial charge on any atom is -0.337 e. The van der Waals surface area contributed by atoms with Crippen molar-refractivity contribution < 1.29 is 0 Å². The molecular formula is C16H23N5. The van der Waals surface area contributed by atoms with E-state index in [2.05, 4.69) is 39.7 Å². The second kappa shape index (κ2) is 5.85. The Balaban J connectivity index is 1.50. The zero-order chi connectivity index (χ0) is 14.7. The lowest BCUT2D eigenvalue weighted by atomic mass is 10.1. The Kier molecular flexibility index (Phi) is 3.92. The van der Waals surface area contributed by atoms with Crippen molar-refractivity contribution in [3.63, 3.8) is 0 Å². The molecule has 5 nitrogen and oxygen atoms in total. The minimum absolute atomic E-state index is 0.422. The fraction of sp³-hybridized carbons (Fsp3) is 0.500. The van der Waals surface area contributed by atoms with Crippen molar-refractivity contribution in [2.75, 3.05) is 6.54 Å². The zero-order valence-corrected chi connectivity index (χ0v) is 12.6. The van der Waals surface area contributed by atoms with E-state index in [0.717, 1.165) is 31.9 Å². The van der Waals surface area contributed by atoms with E-state index in [-0.39, 0.29) is 0 Å². The molecule has 0 radical (unpaired) electrons. The van der Waals surface area contributed by atoms with Gasteiger partial charge >= 0.3 is 0 Å². The first kappa shape index (κ1) is 14.1. The maximum atomic E-state index is 4.48. The normalized spacial score (nSPS) is 16.0. The van der Waals surface area contributed by atoms with E-state index in [1.165, 1.54) is 18.4 Å². The summed E-state index contributed by atoms with van der Waals surface area (Å²) in [5.41, 5.74) is 2.80. The number of aryl methyl sites for hydroxylation is 1. The van der Waals surface area contributed by atoms with Crippen LogP contribution in [0.4, 0.5) is 0 Å². The molecule has 1 saturated carbocycles. The molecule has 2 aromatic heterocycles. The maximum absolute atomic E-state index is 4.48. The molecule has 2 aromatic rings. The summed E-state index contributed by atoms with van der Waals surface area (Å²) in [6, 6.07) is 0. The first-order valence-electron chi connectivity index (χ1n) is 7.51. The molecule has 2 heterocycles. The minimum atomic E-state index is 0.422. The standard InChI is InChI=1S/C16H23N5/c1-3-7-21-10-15(14(2)19-21)9-18-11-16(4-5-16)12-20-8-6-17-13-20/h3,6,8,10,13,18H,1,4-5,7,9,11-12H2,2H3. The molecule has 5 heteroatoms. The smallest absolute Gasteiger partial charge is 0.0946 e. The lowest BCUT2D eigenvalue weighted by Gasteiger charge is -2.16. The third-order valence-electron chi connectivity index (χ3n) is 4.21. The van der Waals surface area contributed by atoms with Crippen LogP contribution in [0.3, 0.4) is 0 Å². The summed E-state index contributed by atoms with van der Waals surface area (Å²) < 4.78 is 4.12. The van der Waals surface area contributed by atoms with Crippen LogP contribution in [-0.2, 0) is 19.6 Å². The number of nitrogens with one attached hydrogen (secondary N) is 1. The summed E-state index contributed by atoms with van der Waals surface area (Å²) in [4.78, 5) is 4.12. The van der Waals surface area contributed by atoms with Gasteiger partial charge < -0.3 is 9.88 Å². The number of aromatic nitrogens is 4. The first-order chi connectivity index (χ1) is 10.2. The van der Waals surface area contributed by atoms with Crippen molar-refractivity contribution in [2.45, 2.75) is 39.4 Å². The van der Waals surface area contributed by atoms with Crippen LogP contribution in [0.25, 0.3) is 0 Å². The highest BCUT2D eigenvalue weighted by Gasteiger charge is 2.42.